The molecule has 1 aliphatic rings. The van der Waals surface area contributed by atoms with Crippen molar-refractivity contribution in [3.05, 3.63) is 41.3 Å². The van der Waals surface area contributed by atoms with Gasteiger partial charge in [0, 0.05) is 38.8 Å². The van der Waals surface area contributed by atoms with Crippen molar-refractivity contribution in [3.8, 4) is 0 Å². The summed E-state index contributed by atoms with van der Waals surface area (Å²) in [4.78, 5) is 21.2. The Morgan fingerprint density at radius 1 is 1.39 bits per heavy atom. The van der Waals surface area contributed by atoms with Crippen LogP contribution in [0, 0.1) is 0 Å². The first-order chi connectivity index (χ1) is 13.5. The lowest BCUT2D eigenvalue weighted by Gasteiger charge is -2.16. The maximum absolute atomic E-state index is 12.8. The van der Waals surface area contributed by atoms with E-state index in [-0.39, 0.29) is 12.0 Å². The lowest BCUT2D eigenvalue weighted by molar-refractivity contribution is 0.0772. The maximum Gasteiger partial charge on any atom is 0.254 e. The van der Waals surface area contributed by atoms with Gasteiger partial charge in [-0.25, -0.2) is 4.98 Å². The topological polar surface area (TPSA) is 87.6 Å². The van der Waals surface area contributed by atoms with Crippen molar-refractivity contribution in [3.63, 3.8) is 0 Å². The Bertz CT molecular complexity index is 1010. The largest absolute Gasteiger partial charge is 0.391 e. The number of fused-ring (bicyclic) bond motifs is 1. The van der Waals surface area contributed by atoms with Gasteiger partial charge in [0.1, 0.15) is 0 Å². The number of carbonyl (C=O) groups excluding carboxylic acids is 1. The van der Waals surface area contributed by atoms with Gasteiger partial charge in [0.25, 0.3) is 5.91 Å². The lowest BCUT2D eigenvalue weighted by Crippen LogP contribution is -2.25. The molecule has 28 heavy (non-hydrogen) atoms. The number of benzene rings is 1. The third-order valence-electron chi connectivity index (χ3n) is 5.26. The van der Waals surface area contributed by atoms with E-state index < -0.39 is 0 Å². The van der Waals surface area contributed by atoms with E-state index in [4.69, 9.17) is 9.51 Å². The molecule has 0 unspecified atom stereocenters. The highest BCUT2D eigenvalue weighted by atomic mass is 16.5. The van der Waals surface area contributed by atoms with E-state index in [9.17, 15) is 9.90 Å². The molecule has 0 radical (unpaired) electrons. The Morgan fingerprint density at radius 3 is 2.89 bits per heavy atom. The summed E-state index contributed by atoms with van der Waals surface area (Å²) < 4.78 is 7.29. The van der Waals surface area contributed by atoms with Crippen molar-refractivity contribution < 1.29 is 14.4 Å². The van der Waals surface area contributed by atoms with Gasteiger partial charge >= 0.3 is 0 Å². The Hall–Kier alpha value is -2.87. The number of anilines is 1. The lowest BCUT2D eigenvalue weighted by atomic mass is 10.1. The van der Waals surface area contributed by atoms with Gasteiger partial charge in [-0.15, -0.1) is 0 Å². The van der Waals surface area contributed by atoms with Crippen LogP contribution < -0.4 is 4.90 Å². The van der Waals surface area contributed by atoms with Gasteiger partial charge in [0.15, 0.2) is 5.76 Å². The van der Waals surface area contributed by atoms with Crippen LogP contribution in [0.5, 0.6) is 0 Å². The zero-order valence-electron chi connectivity index (χ0n) is 16.4. The zero-order valence-corrected chi connectivity index (χ0v) is 16.4. The van der Waals surface area contributed by atoms with Gasteiger partial charge in [-0.05, 0) is 31.0 Å². The molecule has 0 bridgehead atoms. The summed E-state index contributed by atoms with van der Waals surface area (Å²) in [5.74, 6) is 1.39. The standard InChI is InChI=1S/C20H25N5O3/c1-4-14-10-16(28-22-14)12-23(2)19(27)13-5-6-18-17(9-13)21-20(24(18)3)25-8-7-15(26)11-25/h5-6,9-10,15,26H,4,7-8,11-12H2,1-3H3/t15-/m0/s1. The number of amides is 1. The number of aliphatic hydroxyl groups is 1. The van der Waals surface area contributed by atoms with Crippen molar-refractivity contribution in [2.75, 3.05) is 25.0 Å². The van der Waals surface area contributed by atoms with Gasteiger partial charge < -0.3 is 24.0 Å². The molecule has 1 fully saturated rings. The first-order valence-electron chi connectivity index (χ1n) is 9.55. The second-order valence-electron chi connectivity index (χ2n) is 7.36. The average molecular weight is 383 g/mol. The third-order valence-corrected chi connectivity index (χ3v) is 5.26. The number of hydrogen-bond acceptors (Lipinski definition) is 6. The molecule has 1 aliphatic heterocycles. The monoisotopic (exact) mass is 383 g/mol. The molecule has 148 valence electrons. The average Bonchev–Trinajstić information content (AvgIpc) is 3.40. The van der Waals surface area contributed by atoms with E-state index in [0.717, 1.165) is 42.1 Å². The molecular formula is C20H25N5O3. The maximum atomic E-state index is 12.8. The van der Waals surface area contributed by atoms with Gasteiger partial charge in [0.05, 0.1) is 29.4 Å². The van der Waals surface area contributed by atoms with Crippen LogP contribution in [0.3, 0.4) is 0 Å². The summed E-state index contributed by atoms with van der Waals surface area (Å²) in [6.07, 6.45) is 1.24. The number of β-amino-alcohol motifs (C(OH)–C–C–N with tert-alkyl or cyclic N) is 1. The summed E-state index contributed by atoms with van der Waals surface area (Å²) in [5.41, 5.74) is 3.19. The van der Waals surface area contributed by atoms with E-state index in [1.54, 1.807) is 11.9 Å². The predicted octanol–water partition coefficient (Wildman–Crippen LogP) is 1.97. The molecule has 3 heterocycles. The minimum Gasteiger partial charge on any atom is -0.391 e. The number of carbonyl (C=O) groups is 1. The predicted molar refractivity (Wildman–Crippen MR) is 105 cm³/mol. The summed E-state index contributed by atoms with van der Waals surface area (Å²) in [6.45, 7) is 3.74. The normalized spacial score (nSPS) is 16.9. The molecule has 0 spiro atoms. The Morgan fingerprint density at radius 2 is 2.21 bits per heavy atom. The molecule has 1 N–H and O–H groups in total. The molecule has 3 aromatic rings. The fourth-order valence-corrected chi connectivity index (χ4v) is 3.65. The van der Waals surface area contributed by atoms with E-state index in [1.807, 2.05) is 42.8 Å². The molecule has 2 aromatic heterocycles. The first kappa shape index (κ1) is 18.5. The highest BCUT2D eigenvalue weighted by Gasteiger charge is 2.25. The Labute approximate surface area is 163 Å². The molecule has 1 aromatic carbocycles. The highest BCUT2D eigenvalue weighted by molar-refractivity contribution is 5.97. The zero-order chi connectivity index (χ0) is 19.8. The van der Waals surface area contributed by atoms with Gasteiger partial charge in [-0.1, -0.05) is 12.1 Å². The SMILES string of the molecule is CCc1cc(CN(C)C(=O)c2ccc3c(c2)nc(N2CC[C@H](O)C2)n3C)on1. The van der Waals surface area contributed by atoms with Crippen LogP contribution in [-0.4, -0.2) is 56.9 Å². The van der Waals surface area contributed by atoms with Crippen LogP contribution in [-0.2, 0) is 20.0 Å². The molecule has 1 saturated heterocycles. The minimum absolute atomic E-state index is 0.0971. The smallest absolute Gasteiger partial charge is 0.254 e. The van der Waals surface area contributed by atoms with Crippen LogP contribution in [0.15, 0.2) is 28.8 Å². The molecule has 0 saturated carbocycles. The summed E-state index contributed by atoms with van der Waals surface area (Å²) in [6, 6.07) is 7.44. The fourth-order valence-electron chi connectivity index (χ4n) is 3.65. The molecule has 0 aliphatic carbocycles. The van der Waals surface area contributed by atoms with Crippen molar-refractivity contribution in [2.45, 2.75) is 32.4 Å². The molecule has 8 heteroatoms. The van der Waals surface area contributed by atoms with Crippen molar-refractivity contribution >= 4 is 22.9 Å². The molecule has 4 rings (SSSR count). The van der Waals surface area contributed by atoms with E-state index in [2.05, 4.69) is 10.1 Å². The molecule has 1 amide bonds. The van der Waals surface area contributed by atoms with Crippen molar-refractivity contribution in [2.24, 2.45) is 7.05 Å². The van der Waals surface area contributed by atoms with Crippen LogP contribution in [0.4, 0.5) is 5.95 Å². The van der Waals surface area contributed by atoms with Gasteiger partial charge in [0.2, 0.25) is 5.95 Å². The quantitative estimate of drug-likeness (QED) is 0.725. The van der Waals surface area contributed by atoms with Crippen LogP contribution in [0.2, 0.25) is 0 Å². The Balaban J connectivity index is 1.55. The first-order valence-corrected chi connectivity index (χ1v) is 9.55. The molecule has 1 atom stereocenters. The fraction of sp³-hybridized carbons (Fsp3) is 0.450. The number of aryl methyl sites for hydroxylation is 2. The number of aliphatic hydroxyl groups excluding tert-OH is 1. The number of imidazole rings is 1. The number of nitrogens with zero attached hydrogens (tertiary/aromatic N) is 5. The van der Waals surface area contributed by atoms with Gasteiger partial charge in [-0.2, -0.15) is 0 Å². The van der Waals surface area contributed by atoms with E-state index in [0.29, 0.717) is 24.4 Å². The number of rotatable bonds is 5. The molecular weight excluding hydrogens is 358 g/mol. The second kappa shape index (κ2) is 7.27. The van der Waals surface area contributed by atoms with Crippen LogP contribution in [0.1, 0.15) is 35.2 Å². The Kier molecular flexibility index (Phi) is 4.80. The van der Waals surface area contributed by atoms with Crippen LogP contribution in [0.25, 0.3) is 11.0 Å². The van der Waals surface area contributed by atoms with E-state index >= 15 is 0 Å². The summed E-state index contributed by atoms with van der Waals surface area (Å²) in [7, 11) is 3.70. The number of hydrogen-bond donors (Lipinski definition) is 1. The summed E-state index contributed by atoms with van der Waals surface area (Å²) in [5, 5.41) is 13.8. The van der Waals surface area contributed by atoms with Crippen molar-refractivity contribution in [1.82, 2.24) is 19.6 Å². The molecule has 8 nitrogen and oxygen atoms in total. The van der Waals surface area contributed by atoms with Crippen molar-refractivity contribution in [1.29, 1.82) is 0 Å². The van der Waals surface area contributed by atoms with E-state index in [1.165, 1.54) is 0 Å². The third kappa shape index (κ3) is 3.35. The minimum atomic E-state index is -0.310. The van der Waals surface area contributed by atoms with Gasteiger partial charge in [-0.3, -0.25) is 4.79 Å². The van der Waals surface area contributed by atoms with Crippen LogP contribution >= 0.6 is 0 Å². The second-order valence-corrected chi connectivity index (χ2v) is 7.36. The summed E-state index contributed by atoms with van der Waals surface area (Å²) >= 11 is 0. The highest BCUT2D eigenvalue weighted by Crippen LogP contribution is 2.25. The number of aromatic nitrogens is 3.